The van der Waals surface area contributed by atoms with Gasteiger partial charge in [-0.1, -0.05) is 62.4 Å². The van der Waals surface area contributed by atoms with Crippen LogP contribution in [0.25, 0.3) is 11.1 Å². The molecule has 2 aromatic rings. The van der Waals surface area contributed by atoms with Gasteiger partial charge in [-0.2, -0.15) is 0 Å². The summed E-state index contributed by atoms with van der Waals surface area (Å²) in [6.45, 7) is 4.86. The number of aliphatic hydroxyl groups excluding tert-OH is 1. The van der Waals surface area contributed by atoms with Gasteiger partial charge in [-0.15, -0.1) is 0 Å². The summed E-state index contributed by atoms with van der Waals surface area (Å²) >= 11 is 0. The minimum absolute atomic E-state index is 0.279. The molecule has 1 N–H and O–H groups in total. The van der Waals surface area contributed by atoms with Crippen molar-refractivity contribution in [1.82, 2.24) is 0 Å². The van der Waals surface area contributed by atoms with E-state index in [0.29, 0.717) is 17.8 Å². The highest BCUT2D eigenvalue weighted by atomic mass is 16.3. The molecule has 104 valence electrons. The number of benzene rings is 2. The molecular formula is C19H22O. The molecule has 1 aliphatic rings. The zero-order valence-electron chi connectivity index (χ0n) is 12.2. The van der Waals surface area contributed by atoms with E-state index in [9.17, 15) is 5.11 Å². The minimum Gasteiger partial charge on any atom is -0.396 e. The summed E-state index contributed by atoms with van der Waals surface area (Å²) in [5.41, 5.74) is 5.67. The maximum atomic E-state index is 9.22. The average Bonchev–Trinajstić information content (AvgIpc) is 2.81. The van der Waals surface area contributed by atoms with Gasteiger partial charge in [0.25, 0.3) is 0 Å². The largest absolute Gasteiger partial charge is 0.396 e. The first-order valence-corrected chi connectivity index (χ1v) is 7.53. The molecule has 0 spiro atoms. The van der Waals surface area contributed by atoms with Gasteiger partial charge in [0.1, 0.15) is 0 Å². The Labute approximate surface area is 121 Å². The maximum absolute atomic E-state index is 9.22. The highest BCUT2D eigenvalue weighted by molar-refractivity contribution is 5.78. The molecule has 2 atom stereocenters. The molecule has 1 heteroatoms. The third-order valence-corrected chi connectivity index (χ3v) is 4.89. The molecule has 1 aliphatic carbocycles. The van der Waals surface area contributed by atoms with Crippen LogP contribution >= 0.6 is 0 Å². The van der Waals surface area contributed by atoms with E-state index < -0.39 is 0 Å². The molecule has 0 saturated carbocycles. The van der Waals surface area contributed by atoms with Crippen LogP contribution in [-0.4, -0.2) is 11.7 Å². The molecule has 2 aromatic carbocycles. The lowest BCUT2D eigenvalue weighted by atomic mass is 9.77. The van der Waals surface area contributed by atoms with Crippen LogP contribution in [0.1, 0.15) is 37.3 Å². The first-order chi connectivity index (χ1) is 9.74. The van der Waals surface area contributed by atoms with Gasteiger partial charge in [0.15, 0.2) is 0 Å². The predicted molar refractivity (Wildman–Crippen MR) is 83.8 cm³/mol. The molecule has 0 radical (unpaired) electrons. The van der Waals surface area contributed by atoms with Crippen molar-refractivity contribution in [2.75, 3.05) is 6.61 Å². The van der Waals surface area contributed by atoms with Crippen molar-refractivity contribution in [2.45, 2.75) is 26.2 Å². The third-order valence-electron chi connectivity index (χ3n) is 4.89. The van der Waals surface area contributed by atoms with E-state index in [-0.39, 0.29) is 6.61 Å². The fraction of sp³-hybridized carbons (Fsp3) is 0.368. The topological polar surface area (TPSA) is 20.2 Å². The lowest BCUT2D eigenvalue weighted by Gasteiger charge is -2.27. The van der Waals surface area contributed by atoms with Crippen molar-refractivity contribution in [3.05, 3.63) is 59.7 Å². The Kier molecular flexibility index (Phi) is 3.62. The normalized spacial score (nSPS) is 16.6. The summed E-state index contributed by atoms with van der Waals surface area (Å²) in [5, 5.41) is 9.22. The van der Waals surface area contributed by atoms with Crippen molar-refractivity contribution in [3.8, 4) is 11.1 Å². The number of rotatable bonds is 4. The summed E-state index contributed by atoms with van der Waals surface area (Å²) < 4.78 is 0. The van der Waals surface area contributed by atoms with Crippen LogP contribution in [0.15, 0.2) is 48.5 Å². The second-order valence-corrected chi connectivity index (χ2v) is 6.00. The number of hydrogen-bond donors (Lipinski definition) is 1. The Hall–Kier alpha value is -1.60. The molecule has 0 fully saturated rings. The molecule has 3 rings (SSSR count). The van der Waals surface area contributed by atoms with Crippen LogP contribution in [0.4, 0.5) is 0 Å². The monoisotopic (exact) mass is 266 g/mol. The quantitative estimate of drug-likeness (QED) is 0.866. The molecular weight excluding hydrogens is 244 g/mol. The molecule has 0 bridgehead atoms. The Morgan fingerprint density at radius 2 is 1.40 bits per heavy atom. The summed E-state index contributed by atoms with van der Waals surface area (Å²) in [5.74, 6) is 1.51. The van der Waals surface area contributed by atoms with Crippen LogP contribution < -0.4 is 0 Å². The Balaban J connectivity index is 2.07. The van der Waals surface area contributed by atoms with Crippen LogP contribution in [0.2, 0.25) is 0 Å². The van der Waals surface area contributed by atoms with Gasteiger partial charge in [-0.25, -0.2) is 0 Å². The van der Waals surface area contributed by atoms with Crippen LogP contribution in [-0.2, 0) is 0 Å². The second kappa shape index (κ2) is 5.41. The zero-order chi connectivity index (χ0) is 14.1. The van der Waals surface area contributed by atoms with Crippen molar-refractivity contribution >= 4 is 0 Å². The Morgan fingerprint density at radius 1 is 0.900 bits per heavy atom. The summed E-state index contributed by atoms with van der Waals surface area (Å²) in [7, 11) is 0. The highest BCUT2D eigenvalue weighted by Gasteiger charge is 2.33. The van der Waals surface area contributed by atoms with E-state index >= 15 is 0 Å². The minimum atomic E-state index is 0.279. The summed E-state index contributed by atoms with van der Waals surface area (Å²) in [6, 6.07) is 17.5. The first kappa shape index (κ1) is 13.4. The van der Waals surface area contributed by atoms with Crippen molar-refractivity contribution in [1.29, 1.82) is 0 Å². The lowest BCUT2D eigenvalue weighted by molar-refractivity contribution is 0.228. The fourth-order valence-corrected chi connectivity index (χ4v) is 3.56. The molecule has 2 unspecified atom stereocenters. The first-order valence-electron chi connectivity index (χ1n) is 7.53. The fourth-order valence-electron chi connectivity index (χ4n) is 3.56. The number of hydrogen-bond acceptors (Lipinski definition) is 1. The summed E-state index contributed by atoms with van der Waals surface area (Å²) in [6.07, 6.45) is 0.877. The smallest absolute Gasteiger partial charge is 0.0433 e. The van der Waals surface area contributed by atoms with Crippen LogP contribution in [0.5, 0.6) is 0 Å². The number of aliphatic hydroxyl groups is 1. The molecule has 1 nitrogen and oxygen atoms in total. The van der Waals surface area contributed by atoms with Crippen molar-refractivity contribution in [2.24, 2.45) is 11.8 Å². The van der Waals surface area contributed by atoms with Crippen LogP contribution in [0, 0.1) is 11.8 Å². The maximum Gasteiger partial charge on any atom is 0.0433 e. The van der Waals surface area contributed by atoms with E-state index in [1.807, 2.05) is 0 Å². The predicted octanol–water partition coefficient (Wildman–Crippen LogP) is 4.45. The van der Waals surface area contributed by atoms with E-state index in [1.54, 1.807) is 0 Å². The zero-order valence-corrected chi connectivity index (χ0v) is 12.2. The van der Waals surface area contributed by atoms with Gasteiger partial charge in [0.05, 0.1) is 0 Å². The van der Waals surface area contributed by atoms with Gasteiger partial charge >= 0.3 is 0 Å². The SMILES string of the molecule is CC(CCO)C(C)C1c2ccccc2-c2ccccc21. The van der Waals surface area contributed by atoms with Crippen LogP contribution in [0.3, 0.4) is 0 Å². The Bertz CT molecular complexity index is 557. The molecule has 20 heavy (non-hydrogen) atoms. The average molecular weight is 266 g/mol. The lowest BCUT2D eigenvalue weighted by Crippen LogP contribution is -2.18. The second-order valence-electron chi connectivity index (χ2n) is 6.00. The highest BCUT2D eigenvalue weighted by Crippen LogP contribution is 2.49. The third kappa shape index (κ3) is 2.06. The Morgan fingerprint density at radius 3 is 1.90 bits per heavy atom. The molecule has 0 aliphatic heterocycles. The molecule has 0 heterocycles. The number of fused-ring (bicyclic) bond motifs is 3. The van der Waals surface area contributed by atoms with Gasteiger partial charge in [0.2, 0.25) is 0 Å². The molecule has 0 amide bonds. The van der Waals surface area contributed by atoms with Gasteiger partial charge in [-0.05, 0) is 40.5 Å². The van der Waals surface area contributed by atoms with E-state index in [4.69, 9.17) is 0 Å². The van der Waals surface area contributed by atoms with Gasteiger partial charge < -0.3 is 5.11 Å². The van der Waals surface area contributed by atoms with E-state index in [1.165, 1.54) is 22.3 Å². The van der Waals surface area contributed by atoms with Gasteiger partial charge in [0, 0.05) is 12.5 Å². The van der Waals surface area contributed by atoms with Crippen molar-refractivity contribution < 1.29 is 5.11 Å². The summed E-state index contributed by atoms with van der Waals surface area (Å²) in [4.78, 5) is 0. The van der Waals surface area contributed by atoms with Crippen molar-refractivity contribution in [3.63, 3.8) is 0 Å². The molecule has 0 saturated heterocycles. The van der Waals surface area contributed by atoms with E-state index in [0.717, 1.165) is 6.42 Å². The van der Waals surface area contributed by atoms with Gasteiger partial charge in [-0.3, -0.25) is 0 Å². The standard InChI is InChI=1S/C19H22O/c1-13(11-12-20)14(2)19-17-9-5-3-7-15(17)16-8-4-6-10-18(16)19/h3-10,13-14,19-20H,11-12H2,1-2H3. The van der Waals surface area contributed by atoms with E-state index in [2.05, 4.69) is 62.4 Å². The molecule has 0 aromatic heterocycles.